The Kier molecular flexibility index (Phi) is 5.04. The van der Waals surface area contributed by atoms with Crippen molar-refractivity contribution in [2.75, 3.05) is 11.9 Å². The molecule has 0 saturated carbocycles. The van der Waals surface area contributed by atoms with E-state index >= 15 is 0 Å². The first kappa shape index (κ1) is 18.1. The van der Waals surface area contributed by atoms with Gasteiger partial charge in [-0.1, -0.05) is 51.5 Å². The minimum atomic E-state index is -0.0653. The van der Waals surface area contributed by atoms with Crippen molar-refractivity contribution in [3.8, 4) is 16.9 Å². The van der Waals surface area contributed by atoms with E-state index < -0.39 is 0 Å². The molecule has 1 amide bonds. The number of hydrogen-bond acceptors (Lipinski definition) is 3. The summed E-state index contributed by atoms with van der Waals surface area (Å²) in [6.07, 6.45) is 1.73. The van der Waals surface area contributed by atoms with E-state index in [4.69, 9.17) is 0 Å². The Morgan fingerprint density at radius 2 is 1.61 bits per heavy atom. The highest BCUT2D eigenvalue weighted by Gasteiger charge is 2.14. The van der Waals surface area contributed by atoms with Gasteiger partial charge in [0.1, 0.15) is 0 Å². The maximum atomic E-state index is 12.7. The molecule has 4 aromatic rings. The minimum absolute atomic E-state index is 0.0653. The number of halogens is 1. The van der Waals surface area contributed by atoms with Crippen molar-refractivity contribution in [3.05, 3.63) is 95.1 Å². The maximum Gasteiger partial charge on any atom is 0.258 e. The number of anilines is 1. The summed E-state index contributed by atoms with van der Waals surface area (Å²) in [5.41, 5.74) is 4.20. The van der Waals surface area contributed by atoms with Crippen LogP contribution in [0.2, 0.25) is 0 Å². The number of nitrogens with zero attached hydrogens (tertiary/aromatic N) is 4. The van der Waals surface area contributed by atoms with Gasteiger partial charge < -0.3 is 4.90 Å². The normalized spacial score (nSPS) is 10.6. The van der Waals surface area contributed by atoms with Gasteiger partial charge in [0.25, 0.3) is 5.91 Å². The summed E-state index contributed by atoms with van der Waals surface area (Å²) in [5.74, 6) is -0.0653. The lowest BCUT2D eigenvalue weighted by Gasteiger charge is -2.17. The quantitative estimate of drug-likeness (QED) is 0.457. The smallest absolute Gasteiger partial charge is 0.258 e. The van der Waals surface area contributed by atoms with E-state index in [-0.39, 0.29) is 5.91 Å². The van der Waals surface area contributed by atoms with E-state index in [2.05, 4.69) is 26.2 Å². The molecule has 1 aromatic heterocycles. The predicted octanol–water partition coefficient (Wildman–Crippen LogP) is 4.97. The first-order valence-electron chi connectivity index (χ1n) is 8.74. The number of hydrogen-bond donors (Lipinski definition) is 0. The Morgan fingerprint density at radius 1 is 0.929 bits per heavy atom. The standard InChI is InChI=1S/C22H17BrN4O/c1-26(19-5-3-2-4-6-19)22(28)17-9-13-20(14-10-17)27-21(15-24-25-27)16-7-11-18(23)12-8-16/h2-15H,1H3. The third kappa shape index (κ3) is 3.59. The summed E-state index contributed by atoms with van der Waals surface area (Å²) in [4.78, 5) is 14.4. The number of para-hydroxylation sites is 1. The van der Waals surface area contributed by atoms with Crippen LogP contribution in [0.4, 0.5) is 5.69 Å². The molecule has 3 aromatic carbocycles. The Balaban J connectivity index is 1.60. The van der Waals surface area contributed by atoms with Gasteiger partial charge in [-0.15, -0.1) is 5.10 Å². The zero-order valence-electron chi connectivity index (χ0n) is 15.2. The van der Waals surface area contributed by atoms with Crippen molar-refractivity contribution < 1.29 is 4.79 Å². The van der Waals surface area contributed by atoms with Gasteiger partial charge in [0.05, 0.1) is 17.6 Å². The molecule has 28 heavy (non-hydrogen) atoms. The van der Waals surface area contributed by atoms with Gasteiger partial charge in [-0.2, -0.15) is 0 Å². The highest BCUT2D eigenvalue weighted by molar-refractivity contribution is 9.10. The van der Waals surface area contributed by atoms with Crippen LogP contribution in [0.25, 0.3) is 16.9 Å². The van der Waals surface area contributed by atoms with Crippen LogP contribution in [0, 0.1) is 0 Å². The second kappa shape index (κ2) is 7.78. The molecule has 0 bridgehead atoms. The van der Waals surface area contributed by atoms with Gasteiger partial charge in [0.2, 0.25) is 0 Å². The molecular weight excluding hydrogens is 416 g/mol. The maximum absolute atomic E-state index is 12.7. The molecule has 0 unspecified atom stereocenters. The highest BCUT2D eigenvalue weighted by Crippen LogP contribution is 2.24. The van der Waals surface area contributed by atoms with Crippen LogP contribution in [0.15, 0.2) is 89.5 Å². The fourth-order valence-electron chi connectivity index (χ4n) is 2.95. The van der Waals surface area contributed by atoms with Crippen molar-refractivity contribution in [1.82, 2.24) is 15.0 Å². The van der Waals surface area contributed by atoms with Crippen molar-refractivity contribution in [3.63, 3.8) is 0 Å². The lowest BCUT2D eigenvalue weighted by Crippen LogP contribution is -2.26. The fourth-order valence-corrected chi connectivity index (χ4v) is 3.22. The number of amides is 1. The molecule has 0 aliphatic carbocycles. The average Bonchev–Trinajstić information content (AvgIpc) is 3.24. The van der Waals surface area contributed by atoms with Gasteiger partial charge >= 0.3 is 0 Å². The average molecular weight is 433 g/mol. The SMILES string of the molecule is CN(C(=O)c1ccc(-n2nncc2-c2ccc(Br)cc2)cc1)c1ccccc1. The van der Waals surface area contributed by atoms with E-state index in [1.54, 1.807) is 22.8 Å². The van der Waals surface area contributed by atoms with Gasteiger partial charge in [-0.3, -0.25) is 4.79 Å². The van der Waals surface area contributed by atoms with E-state index in [9.17, 15) is 4.79 Å². The topological polar surface area (TPSA) is 51.0 Å². The molecule has 6 heteroatoms. The molecule has 138 valence electrons. The van der Waals surface area contributed by atoms with Gasteiger partial charge in [0, 0.05) is 28.3 Å². The zero-order valence-corrected chi connectivity index (χ0v) is 16.7. The number of carbonyl (C=O) groups is 1. The van der Waals surface area contributed by atoms with Crippen LogP contribution in [-0.2, 0) is 0 Å². The van der Waals surface area contributed by atoms with Crippen LogP contribution in [0.5, 0.6) is 0 Å². The zero-order chi connectivity index (χ0) is 19.5. The number of carbonyl (C=O) groups excluding carboxylic acids is 1. The van der Waals surface area contributed by atoms with Gasteiger partial charge in [0.15, 0.2) is 0 Å². The molecule has 0 N–H and O–H groups in total. The summed E-state index contributed by atoms with van der Waals surface area (Å²) in [7, 11) is 1.77. The first-order chi connectivity index (χ1) is 13.6. The van der Waals surface area contributed by atoms with E-state index in [0.717, 1.165) is 27.1 Å². The monoisotopic (exact) mass is 432 g/mol. The molecular formula is C22H17BrN4O. The Bertz CT molecular complexity index is 1090. The lowest BCUT2D eigenvalue weighted by molar-refractivity contribution is 0.0993. The van der Waals surface area contributed by atoms with Gasteiger partial charge in [-0.05, 0) is 48.5 Å². The van der Waals surface area contributed by atoms with Crippen molar-refractivity contribution in [1.29, 1.82) is 0 Å². The highest BCUT2D eigenvalue weighted by atomic mass is 79.9. The van der Waals surface area contributed by atoms with Crippen molar-refractivity contribution in [2.45, 2.75) is 0 Å². The Morgan fingerprint density at radius 3 is 2.29 bits per heavy atom. The largest absolute Gasteiger partial charge is 0.311 e. The summed E-state index contributed by atoms with van der Waals surface area (Å²) < 4.78 is 2.78. The van der Waals surface area contributed by atoms with Gasteiger partial charge in [-0.25, -0.2) is 4.68 Å². The molecule has 4 rings (SSSR count). The molecule has 0 spiro atoms. The van der Waals surface area contributed by atoms with Crippen LogP contribution in [-0.4, -0.2) is 27.9 Å². The summed E-state index contributed by atoms with van der Waals surface area (Å²) in [6, 6.07) is 24.9. The fraction of sp³-hybridized carbons (Fsp3) is 0.0455. The second-order valence-corrected chi connectivity index (χ2v) is 7.20. The number of aromatic nitrogens is 3. The van der Waals surface area contributed by atoms with Crippen LogP contribution >= 0.6 is 15.9 Å². The van der Waals surface area contributed by atoms with Crippen LogP contribution in [0.1, 0.15) is 10.4 Å². The summed E-state index contributed by atoms with van der Waals surface area (Å²) in [6.45, 7) is 0. The van der Waals surface area contributed by atoms with Crippen LogP contribution < -0.4 is 4.90 Å². The van der Waals surface area contributed by atoms with Crippen molar-refractivity contribution >= 4 is 27.5 Å². The number of rotatable bonds is 4. The Hall–Kier alpha value is -3.25. The second-order valence-electron chi connectivity index (χ2n) is 6.28. The van der Waals surface area contributed by atoms with E-state index in [0.29, 0.717) is 5.56 Å². The molecule has 1 heterocycles. The van der Waals surface area contributed by atoms with Crippen LogP contribution in [0.3, 0.4) is 0 Å². The van der Waals surface area contributed by atoms with E-state index in [1.807, 2.05) is 78.9 Å². The molecule has 0 fully saturated rings. The molecule has 0 aliphatic rings. The minimum Gasteiger partial charge on any atom is -0.311 e. The molecule has 0 aliphatic heterocycles. The molecule has 0 saturated heterocycles. The predicted molar refractivity (Wildman–Crippen MR) is 114 cm³/mol. The lowest BCUT2D eigenvalue weighted by atomic mass is 10.1. The molecule has 5 nitrogen and oxygen atoms in total. The first-order valence-corrected chi connectivity index (χ1v) is 9.53. The molecule has 0 radical (unpaired) electrons. The molecule has 0 atom stereocenters. The summed E-state index contributed by atoms with van der Waals surface area (Å²) in [5, 5.41) is 8.25. The third-order valence-electron chi connectivity index (χ3n) is 4.50. The third-order valence-corrected chi connectivity index (χ3v) is 5.02. The van der Waals surface area contributed by atoms with Crippen molar-refractivity contribution in [2.24, 2.45) is 0 Å². The van der Waals surface area contributed by atoms with E-state index in [1.165, 1.54) is 0 Å². The number of benzene rings is 3. The Labute approximate surface area is 171 Å². The summed E-state index contributed by atoms with van der Waals surface area (Å²) >= 11 is 3.45.